The number of benzene rings is 2. The van der Waals surface area contributed by atoms with E-state index in [1.165, 1.54) is 0 Å². The van der Waals surface area contributed by atoms with Crippen LogP contribution in [0.5, 0.6) is 5.75 Å². The summed E-state index contributed by atoms with van der Waals surface area (Å²) >= 11 is 0. The van der Waals surface area contributed by atoms with Crippen molar-refractivity contribution in [1.29, 1.82) is 0 Å². The van der Waals surface area contributed by atoms with E-state index >= 15 is 0 Å². The van der Waals surface area contributed by atoms with Crippen molar-refractivity contribution in [3.05, 3.63) is 65.9 Å². The predicted molar refractivity (Wildman–Crippen MR) is 95.1 cm³/mol. The van der Waals surface area contributed by atoms with Gasteiger partial charge in [0.2, 0.25) is 0 Å². The van der Waals surface area contributed by atoms with Gasteiger partial charge < -0.3 is 15.0 Å². The number of ether oxygens (including phenoxy) is 1. The number of hydrogen-bond acceptors (Lipinski definition) is 2. The Morgan fingerprint density at radius 2 is 2.04 bits per heavy atom. The van der Waals surface area contributed by atoms with Crippen LogP contribution in [0.1, 0.15) is 15.9 Å². The minimum Gasteiger partial charge on any atom is -0.481 e. The standard InChI is InChI=1S/C20H18N2O2/c1-15-6-2-3-7-19(15)24-13-5-4-11-22-20(23)17-8-9-18-16(14-17)10-12-21-18/h2-3,6-10,12,14,21H,11,13H2,1H3,(H,22,23). The highest BCUT2D eigenvalue weighted by molar-refractivity contribution is 5.98. The highest BCUT2D eigenvalue weighted by Gasteiger charge is 2.05. The first-order valence-corrected chi connectivity index (χ1v) is 7.73. The van der Waals surface area contributed by atoms with E-state index in [9.17, 15) is 4.79 Å². The highest BCUT2D eigenvalue weighted by Crippen LogP contribution is 2.15. The molecule has 4 heteroatoms. The summed E-state index contributed by atoms with van der Waals surface area (Å²) in [4.78, 5) is 15.2. The Hall–Kier alpha value is -3.19. The zero-order chi connectivity index (χ0) is 16.8. The van der Waals surface area contributed by atoms with Gasteiger partial charge in [0, 0.05) is 22.7 Å². The number of aromatic nitrogens is 1. The summed E-state index contributed by atoms with van der Waals surface area (Å²) in [5.41, 5.74) is 2.72. The molecule has 0 fully saturated rings. The highest BCUT2D eigenvalue weighted by atomic mass is 16.5. The summed E-state index contributed by atoms with van der Waals surface area (Å²) in [6, 6.07) is 15.3. The van der Waals surface area contributed by atoms with Crippen LogP contribution in [-0.4, -0.2) is 24.0 Å². The molecule has 0 aliphatic rings. The Labute approximate surface area is 140 Å². The third kappa shape index (κ3) is 3.76. The average molecular weight is 318 g/mol. The molecule has 120 valence electrons. The summed E-state index contributed by atoms with van der Waals surface area (Å²) in [6.07, 6.45) is 1.85. The Morgan fingerprint density at radius 1 is 1.17 bits per heavy atom. The third-order valence-electron chi connectivity index (χ3n) is 3.67. The monoisotopic (exact) mass is 318 g/mol. The van der Waals surface area contributed by atoms with Crippen molar-refractivity contribution in [2.75, 3.05) is 13.2 Å². The second kappa shape index (κ2) is 7.38. The van der Waals surface area contributed by atoms with E-state index in [2.05, 4.69) is 22.1 Å². The normalized spacial score (nSPS) is 10.0. The van der Waals surface area contributed by atoms with Crippen LogP contribution in [0.3, 0.4) is 0 Å². The molecule has 0 aliphatic heterocycles. The molecule has 0 radical (unpaired) electrons. The van der Waals surface area contributed by atoms with Gasteiger partial charge in [0.15, 0.2) is 0 Å². The van der Waals surface area contributed by atoms with Gasteiger partial charge in [0.1, 0.15) is 12.4 Å². The van der Waals surface area contributed by atoms with Crippen molar-refractivity contribution < 1.29 is 9.53 Å². The SMILES string of the molecule is Cc1ccccc1OCC#CCNC(=O)c1ccc2[nH]ccc2c1. The minimum absolute atomic E-state index is 0.132. The number of amides is 1. The second-order valence-electron chi connectivity index (χ2n) is 5.37. The van der Waals surface area contributed by atoms with Gasteiger partial charge in [-0.05, 0) is 42.8 Å². The van der Waals surface area contributed by atoms with E-state index in [0.29, 0.717) is 18.7 Å². The predicted octanol–water partition coefficient (Wildman–Crippen LogP) is 3.29. The molecule has 4 nitrogen and oxygen atoms in total. The van der Waals surface area contributed by atoms with Crippen LogP contribution in [0.25, 0.3) is 10.9 Å². The molecule has 3 rings (SSSR count). The summed E-state index contributed by atoms with van der Waals surface area (Å²) < 4.78 is 5.58. The van der Waals surface area contributed by atoms with Crippen LogP contribution in [0.4, 0.5) is 0 Å². The Kier molecular flexibility index (Phi) is 4.83. The van der Waals surface area contributed by atoms with Crippen LogP contribution in [0.15, 0.2) is 54.7 Å². The molecule has 0 saturated heterocycles. The molecule has 0 spiro atoms. The molecule has 0 bridgehead atoms. The van der Waals surface area contributed by atoms with Gasteiger partial charge in [-0.3, -0.25) is 4.79 Å². The Bertz CT molecular complexity index is 916. The largest absolute Gasteiger partial charge is 0.481 e. The van der Waals surface area contributed by atoms with Crippen LogP contribution in [0, 0.1) is 18.8 Å². The summed E-state index contributed by atoms with van der Waals surface area (Å²) in [6.45, 7) is 2.58. The molecule has 1 aromatic heterocycles. The molecule has 2 N–H and O–H groups in total. The van der Waals surface area contributed by atoms with Gasteiger partial charge in [0.25, 0.3) is 5.91 Å². The third-order valence-corrected chi connectivity index (χ3v) is 3.67. The van der Waals surface area contributed by atoms with Crippen LogP contribution < -0.4 is 10.1 Å². The summed E-state index contributed by atoms with van der Waals surface area (Å²) in [7, 11) is 0. The maximum Gasteiger partial charge on any atom is 0.252 e. The molecule has 1 amide bonds. The first kappa shape index (κ1) is 15.7. The maximum atomic E-state index is 12.1. The number of para-hydroxylation sites is 1. The summed E-state index contributed by atoms with van der Waals surface area (Å²) in [5.74, 6) is 6.49. The van der Waals surface area contributed by atoms with Crippen molar-refractivity contribution in [1.82, 2.24) is 10.3 Å². The van der Waals surface area contributed by atoms with Crippen LogP contribution in [-0.2, 0) is 0 Å². The number of fused-ring (bicyclic) bond motifs is 1. The number of hydrogen-bond donors (Lipinski definition) is 2. The molecule has 1 heterocycles. The van der Waals surface area contributed by atoms with Crippen LogP contribution >= 0.6 is 0 Å². The molecule has 0 saturated carbocycles. The van der Waals surface area contributed by atoms with Gasteiger partial charge in [-0.25, -0.2) is 0 Å². The first-order chi connectivity index (χ1) is 11.7. The first-order valence-electron chi connectivity index (χ1n) is 7.73. The molecule has 3 aromatic rings. The maximum absolute atomic E-state index is 12.1. The fourth-order valence-electron chi connectivity index (χ4n) is 2.37. The molecular formula is C20H18N2O2. The number of carbonyl (C=O) groups is 1. The van der Waals surface area contributed by atoms with Crippen LogP contribution in [0.2, 0.25) is 0 Å². The number of aryl methyl sites for hydroxylation is 1. The van der Waals surface area contributed by atoms with E-state index < -0.39 is 0 Å². The fourth-order valence-corrected chi connectivity index (χ4v) is 2.37. The van der Waals surface area contributed by atoms with E-state index in [-0.39, 0.29) is 5.91 Å². The topological polar surface area (TPSA) is 54.1 Å². The zero-order valence-corrected chi connectivity index (χ0v) is 13.4. The minimum atomic E-state index is -0.132. The van der Waals surface area contributed by atoms with Gasteiger partial charge in [-0.1, -0.05) is 30.0 Å². The molecule has 0 unspecified atom stereocenters. The van der Waals surface area contributed by atoms with E-state index in [4.69, 9.17) is 4.74 Å². The van der Waals surface area contributed by atoms with Gasteiger partial charge in [0.05, 0.1) is 6.54 Å². The molecule has 0 atom stereocenters. The molecule has 24 heavy (non-hydrogen) atoms. The van der Waals surface area contributed by atoms with Gasteiger partial charge in [-0.15, -0.1) is 0 Å². The lowest BCUT2D eigenvalue weighted by molar-refractivity contribution is 0.0959. The van der Waals surface area contributed by atoms with Gasteiger partial charge in [-0.2, -0.15) is 0 Å². The molecule has 0 aliphatic carbocycles. The van der Waals surface area contributed by atoms with Crippen molar-refractivity contribution in [2.24, 2.45) is 0 Å². The fraction of sp³-hybridized carbons (Fsp3) is 0.150. The van der Waals surface area contributed by atoms with Crippen molar-refractivity contribution in [3.63, 3.8) is 0 Å². The van der Waals surface area contributed by atoms with Crippen molar-refractivity contribution in [2.45, 2.75) is 6.92 Å². The van der Waals surface area contributed by atoms with Crippen molar-refractivity contribution >= 4 is 16.8 Å². The lowest BCUT2D eigenvalue weighted by Gasteiger charge is -2.04. The number of carbonyl (C=O) groups excluding carboxylic acids is 1. The Balaban J connectivity index is 1.48. The zero-order valence-electron chi connectivity index (χ0n) is 13.4. The van der Waals surface area contributed by atoms with Gasteiger partial charge >= 0.3 is 0 Å². The quantitative estimate of drug-likeness (QED) is 0.725. The Morgan fingerprint density at radius 3 is 2.92 bits per heavy atom. The molecular weight excluding hydrogens is 300 g/mol. The number of aromatic amines is 1. The lowest BCUT2D eigenvalue weighted by Crippen LogP contribution is -2.23. The van der Waals surface area contributed by atoms with E-state index in [1.54, 1.807) is 6.07 Å². The van der Waals surface area contributed by atoms with Crippen molar-refractivity contribution in [3.8, 4) is 17.6 Å². The second-order valence-corrected chi connectivity index (χ2v) is 5.37. The number of nitrogens with one attached hydrogen (secondary N) is 2. The van der Waals surface area contributed by atoms with E-state index in [1.807, 2.05) is 55.6 Å². The summed E-state index contributed by atoms with van der Waals surface area (Å²) in [5, 5.41) is 3.80. The molecule has 2 aromatic carbocycles. The lowest BCUT2D eigenvalue weighted by atomic mass is 10.1. The average Bonchev–Trinajstić information content (AvgIpc) is 3.07. The number of H-pyrrole nitrogens is 1. The number of rotatable bonds is 4. The van der Waals surface area contributed by atoms with E-state index in [0.717, 1.165) is 22.2 Å². The smallest absolute Gasteiger partial charge is 0.252 e.